The Hall–Kier alpha value is -3.17. The van der Waals surface area contributed by atoms with E-state index in [1.165, 1.54) is 22.6 Å². The summed E-state index contributed by atoms with van der Waals surface area (Å²) in [5.41, 5.74) is 4.83. The quantitative estimate of drug-likeness (QED) is 0.229. The maximum Gasteiger partial charge on any atom is 0.488 e. The van der Waals surface area contributed by atoms with Crippen LogP contribution in [0, 0.1) is 17.8 Å². The Morgan fingerprint density at radius 2 is 1.85 bits per heavy atom. The number of benzene rings is 2. The number of anilines is 1. The summed E-state index contributed by atoms with van der Waals surface area (Å²) < 4.78 is 6.06. The van der Waals surface area contributed by atoms with E-state index in [1.807, 2.05) is 19.1 Å². The molecule has 8 nitrogen and oxygen atoms in total. The predicted octanol–water partition coefficient (Wildman–Crippen LogP) is 3.06. The van der Waals surface area contributed by atoms with Gasteiger partial charge in [0.05, 0.1) is 23.6 Å². The summed E-state index contributed by atoms with van der Waals surface area (Å²) in [4.78, 5) is 28.5. The molecule has 0 spiro atoms. The van der Waals surface area contributed by atoms with Crippen molar-refractivity contribution in [3.63, 3.8) is 0 Å². The zero-order valence-corrected chi connectivity index (χ0v) is 22.9. The lowest BCUT2D eigenvalue weighted by Crippen LogP contribution is -2.46. The van der Waals surface area contributed by atoms with Crippen LogP contribution >= 0.6 is 0 Å². The molecule has 2 aromatic rings. The topological polar surface area (TPSA) is 128 Å². The lowest BCUT2D eigenvalue weighted by atomic mass is 9.58. The van der Waals surface area contributed by atoms with Crippen molar-refractivity contribution in [2.45, 2.75) is 58.4 Å². The minimum absolute atomic E-state index is 0.202. The third-order valence-electron chi connectivity index (χ3n) is 8.44. The maximum absolute atomic E-state index is 13.8. The van der Waals surface area contributed by atoms with Gasteiger partial charge in [-0.25, -0.2) is 0 Å². The second kappa shape index (κ2) is 11.7. The molecule has 5 rings (SSSR count). The number of aromatic hydroxyl groups is 1. The Morgan fingerprint density at radius 3 is 2.55 bits per heavy atom. The number of imide groups is 1. The standard InChI is InChI=1S/C30H35B2NO7/c1-3-5-19(15-20-8-11-23(34)12-9-20)10-13-26-27-18(2)14-24-28(25(27)17-31(37)40-26)30(36)33(29(24)35)22-7-4-6-21(16-22)32(38)39/h4,6-9,11-12,15-16,24-26,28,34,37-39H,3,5,10,13-14,17H2,1-2H3/b19-15+/t24-,25+,26-,28-/m1/s1. The number of allylic oxidation sites excluding steroid dienone is 2. The lowest BCUT2D eigenvalue weighted by molar-refractivity contribution is -0.122. The molecule has 2 saturated heterocycles. The summed E-state index contributed by atoms with van der Waals surface area (Å²) in [6.45, 7) is 4.12. The first-order chi connectivity index (χ1) is 19.2. The predicted molar refractivity (Wildman–Crippen MR) is 154 cm³/mol. The molecule has 0 aromatic heterocycles. The van der Waals surface area contributed by atoms with Crippen LogP contribution in [0.25, 0.3) is 6.08 Å². The third kappa shape index (κ3) is 5.54. The van der Waals surface area contributed by atoms with Crippen LogP contribution in [0.4, 0.5) is 5.69 Å². The maximum atomic E-state index is 13.8. The summed E-state index contributed by atoms with van der Waals surface area (Å²) >= 11 is 0. The smallest absolute Gasteiger partial charge is 0.488 e. The molecule has 40 heavy (non-hydrogen) atoms. The molecule has 4 atom stereocenters. The first-order valence-electron chi connectivity index (χ1n) is 14.0. The van der Waals surface area contributed by atoms with E-state index in [1.54, 1.807) is 24.3 Å². The van der Waals surface area contributed by atoms with Gasteiger partial charge < -0.3 is 24.8 Å². The molecule has 2 heterocycles. The Kier molecular flexibility index (Phi) is 8.33. The average Bonchev–Trinajstić information content (AvgIpc) is 3.17. The van der Waals surface area contributed by atoms with Crippen molar-refractivity contribution in [3.05, 3.63) is 70.8 Å². The van der Waals surface area contributed by atoms with E-state index < -0.39 is 26.1 Å². The van der Waals surface area contributed by atoms with Crippen LogP contribution in [0.2, 0.25) is 6.32 Å². The van der Waals surface area contributed by atoms with Gasteiger partial charge in [-0.05, 0) is 85.7 Å². The highest BCUT2D eigenvalue weighted by atomic mass is 16.5. The number of phenolic OH excluding ortho intramolecular Hbond substituents is 1. The van der Waals surface area contributed by atoms with Gasteiger partial charge in [0.1, 0.15) is 5.75 Å². The number of nitrogens with zero attached hydrogens (tertiary/aromatic N) is 1. The minimum atomic E-state index is -1.71. The molecule has 2 aliphatic heterocycles. The van der Waals surface area contributed by atoms with Crippen molar-refractivity contribution in [2.24, 2.45) is 17.8 Å². The molecule has 4 N–H and O–H groups in total. The Bertz CT molecular complexity index is 1340. The van der Waals surface area contributed by atoms with E-state index >= 15 is 0 Å². The van der Waals surface area contributed by atoms with Gasteiger partial charge in [-0.3, -0.25) is 14.5 Å². The van der Waals surface area contributed by atoms with E-state index in [4.69, 9.17) is 4.65 Å². The fourth-order valence-electron chi connectivity index (χ4n) is 6.71. The molecule has 0 saturated carbocycles. The van der Waals surface area contributed by atoms with Crippen LogP contribution in [-0.2, 0) is 14.2 Å². The van der Waals surface area contributed by atoms with Crippen molar-refractivity contribution in [3.8, 4) is 5.75 Å². The molecule has 0 unspecified atom stereocenters. The van der Waals surface area contributed by atoms with Crippen molar-refractivity contribution < 1.29 is 34.4 Å². The van der Waals surface area contributed by atoms with E-state index in [0.717, 1.165) is 36.0 Å². The van der Waals surface area contributed by atoms with Crippen molar-refractivity contribution in [1.29, 1.82) is 0 Å². The van der Waals surface area contributed by atoms with E-state index in [0.29, 0.717) is 18.5 Å². The summed E-state index contributed by atoms with van der Waals surface area (Å²) in [7, 11) is -2.75. The van der Waals surface area contributed by atoms with Crippen LogP contribution in [0.1, 0.15) is 51.5 Å². The van der Waals surface area contributed by atoms with Crippen molar-refractivity contribution in [1.82, 2.24) is 0 Å². The first-order valence-corrected chi connectivity index (χ1v) is 14.0. The Labute approximate surface area is 235 Å². The fraction of sp³-hybridized carbons (Fsp3) is 0.400. The molecule has 0 radical (unpaired) electrons. The zero-order valence-electron chi connectivity index (χ0n) is 22.9. The monoisotopic (exact) mass is 543 g/mol. The molecule has 3 aliphatic rings. The molecule has 2 amide bonds. The highest BCUT2D eigenvalue weighted by Gasteiger charge is 2.57. The molecular formula is C30H35B2NO7. The number of hydrogen-bond donors (Lipinski definition) is 4. The summed E-state index contributed by atoms with van der Waals surface area (Å²) in [6, 6.07) is 13.3. The van der Waals surface area contributed by atoms with Crippen LogP contribution in [-0.4, -0.2) is 52.3 Å². The molecule has 0 bridgehead atoms. The van der Waals surface area contributed by atoms with Crippen LogP contribution in [0.3, 0.4) is 0 Å². The average molecular weight is 543 g/mol. The fourth-order valence-corrected chi connectivity index (χ4v) is 6.71. The van der Waals surface area contributed by atoms with E-state index in [9.17, 15) is 29.8 Å². The van der Waals surface area contributed by atoms with Gasteiger partial charge in [0.15, 0.2) is 0 Å². The number of carbonyl (C=O) groups is 2. The summed E-state index contributed by atoms with van der Waals surface area (Å²) in [5, 5.41) is 39.5. The largest absolute Gasteiger partial charge is 0.508 e. The van der Waals surface area contributed by atoms with Gasteiger partial charge in [0, 0.05) is 0 Å². The van der Waals surface area contributed by atoms with Gasteiger partial charge in [-0.2, -0.15) is 0 Å². The molecular weight excluding hydrogens is 508 g/mol. The number of carbonyl (C=O) groups excluding carboxylic acids is 2. The van der Waals surface area contributed by atoms with E-state index in [2.05, 4.69) is 13.0 Å². The highest BCUT2D eigenvalue weighted by Crippen LogP contribution is 2.51. The van der Waals surface area contributed by atoms with Crippen LogP contribution in [0.5, 0.6) is 5.75 Å². The molecule has 208 valence electrons. The van der Waals surface area contributed by atoms with Crippen molar-refractivity contribution >= 4 is 43.3 Å². The van der Waals surface area contributed by atoms with E-state index in [-0.39, 0.29) is 41.4 Å². The first kappa shape index (κ1) is 28.4. The molecule has 10 heteroatoms. The van der Waals surface area contributed by atoms with Gasteiger partial charge in [-0.1, -0.05) is 54.8 Å². The third-order valence-corrected chi connectivity index (χ3v) is 8.44. The van der Waals surface area contributed by atoms with Gasteiger partial charge >= 0.3 is 14.2 Å². The summed E-state index contributed by atoms with van der Waals surface area (Å²) in [5.74, 6) is -1.83. The number of hydrogen-bond acceptors (Lipinski definition) is 7. The Morgan fingerprint density at radius 1 is 1.10 bits per heavy atom. The van der Waals surface area contributed by atoms with Gasteiger partial charge in [0.25, 0.3) is 0 Å². The van der Waals surface area contributed by atoms with Crippen molar-refractivity contribution in [2.75, 3.05) is 4.90 Å². The summed E-state index contributed by atoms with van der Waals surface area (Å²) in [6.07, 6.45) is 5.74. The number of amides is 2. The minimum Gasteiger partial charge on any atom is -0.508 e. The number of rotatable bonds is 8. The lowest BCUT2D eigenvalue weighted by Gasteiger charge is -2.42. The van der Waals surface area contributed by atoms with Crippen LogP contribution in [0.15, 0.2) is 65.3 Å². The van der Waals surface area contributed by atoms with Gasteiger partial charge in [-0.15, -0.1) is 0 Å². The SMILES string of the molecule is CCC/C(=C\c1ccc(O)cc1)CC[C@H]1OB(O)C[C@H]2C1=C(C)C[C@H]1C(=O)N(c3cccc(B(O)O)c3)C(=O)[C@H]12. The highest BCUT2D eigenvalue weighted by molar-refractivity contribution is 6.58. The molecule has 2 aromatic carbocycles. The molecule has 2 fully saturated rings. The van der Waals surface area contributed by atoms with Crippen LogP contribution < -0.4 is 10.4 Å². The number of phenols is 1. The second-order valence-corrected chi connectivity index (χ2v) is 11.2. The number of fused-ring (bicyclic) bond motifs is 3. The second-order valence-electron chi connectivity index (χ2n) is 11.2. The Balaban J connectivity index is 1.39. The normalized spacial score (nSPS) is 24.9. The zero-order chi connectivity index (χ0) is 28.6. The molecule has 1 aliphatic carbocycles. The van der Waals surface area contributed by atoms with Gasteiger partial charge in [0.2, 0.25) is 11.8 Å².